The van der Waals surface area contributed by atoms with Crippen LogP contribution in [0.3, 0.4) is 0 Å². The molecule has 1 aliphatic heterocycles. The summed E-state index contributed by atoms with van der Waals surface area (Å²) in [6, 6.07) is 1.63. The highest BCUT2D eigenvalue weighted by atomic mass is 32.1. The van der Waals surface area contributed by atoms with Crippen LogP contribution in [0.2, 0.25) is 0 Å². The number of hydrogen-bond donors (Lipinski definition) is 1. The molecule has 5 nitrogen and oxygen atoms in total. The number of rotatable bonds is 6. The Bertz CT molecular complexity index is 375. The Kier molecular flexibility index (Phi) is 4.47. The fourth-order valence-corrected chi connectivity index (χ4v) is 2.65. The van der Waals surface area contributed by atoms with Gasteiger partial charge in [0.1, 0.15) is 0 Å². The second-order valence-electron chi connectivity index (χ2n) is 4.15. The maximum atomic E-state index is 10.5. The summed E-state index contributed by atoms with van der Waals surface area (Å²) in [5, 5.41) is 15.8. The average molecular weight is 256 g/mol. The molecule has 0 amide bonds. The Morgan fingerprint density at radius 3 is 3.18 bits per heavy atom. The first kappa shape index (κ1) is 12.5. The van der Waals surface area contributed by atoms with Crippen LogP contribution >= 0.6 is 11.3 Å². The van der Waals surface area contributed by atoms with E-state index in [-0.39, 0.29) is 9.92 Å². The third kappa shape index (κ3) is 3.76. The van der Waals surface area contributed by atoms with Crippen LogP contribution in [-0.2, 0) is 11.3 Å². The van der Waals surface area contributed by atoms with E-state index in [1.807, 2.05) is 5.38 Å². The van der Waals surface area contributed by atoms with E-state index < -0.39 is 0 Å². The summed E-state index contributed by atoms with van der Waals surface area (Å²) < 4.78 is 5.51. The minimum Gasteiger partial charge on any atom is -0.378 e. The van der Waals surface area contributed by atoms with Crippen molar-refractivity contribution in [1.29, 1.82) is 0 Å². The third-order valence-electron chi connectivity index (χ3n) is 2.82. The van der Waals surface area contributed by atoms with E-state index in [0.29, 0.717) is 12.6 Å². The molecule has 94 valence electrons. The molecule has 17 heavy (non-hydrogen) atoms. The largest absolute Gasteiger partial charge is 0.378 e. The van der Waals surface area contributed by atoms with Crippen molar-refractivity contribution < 1.29 is 9.66 Å². The highest BCUT2D eigenvalue weighted by Crippen LogP contribution is 2.22. The Morgan fingerprint density at radius 2 is 2.53 bits per heavy atom. The first-order chi connectivity index (χ1) is 8.25. The van der Waals surface area contributed by atoms with Crippen LogP contribution in [0.15, 0.2) is 11.4 Å². The molecular formula is C11H16N2O3S. The van der Waals surface area contributed by atoms with Gasteiger partial charge in [-0.15, -0.1) is 0 Å². The molecule has 0 radical (unpaired) electrons. The second kappa shape index (κ2) is 6.09. The van der Waals surface area contributed by atoms with E-state index in [0.717, 1.165) is 31.6 Å². The molecule has 2 heterocycles. The van der Waals surface area contributed by atoms with Gasteiger partial charge >= 0.3 is 5.00 Å². The fraction of sp³-hybridized carbons (Fsp3) is 0.636. The van der Waals surface area contributed by atoms with Crippen molar-refractivity contribution in [2.24, 2.45) is 0 Å². The summed E-state index contributed by atoms with van der Waals surface area (Å²) in [7, 11) is 0. The summed E-state index contributed by atoms with van der Waals surface area (Å²) in [6.45, 7) is 2.48. The summed E-state index contributed by atoms with van der Waals surface area (Å²) >= 11 is 1.18. The summed E-state index contributed by atoms with van der Waals surface area (Å²) in [4.78, 5) is 10.2. The van der Waals surface area contributed by atoms with Gasteiger partial charge in [0.15, 0.2) is 0 Å². The van der Waals surface area contributed by atoms with Crippen molar-refractivity contribution >= 4 is 16.3 Å². The number of nitrogens with zero attached hydrogens (tertiary/aromatic N) is 1. The molecule has 0 bridgehead atoms. The number of hydrogen-bond acceptors (Lipinski definition) is 5. The molecule has 6 heteroatoms. The van der Waals surface area contributed by atoms with Crippen LogP contribution in [0.4, 0.5) is 5.00 Å². The van der Waals surface area contributed by atoms with Crippen LogP contribution in [0.25, 0.3) is 0 Å². The van der Waals surface area contributed by atoms with Gasteiger partial charge in [0, 0.05) is 24.6 Å². The van der Waals surface area contributed by atoms with Gasteiger partial charge in [-0.3, -0.25) is 10.1 Å². The topological polar surface area (TPSA) is 64.4 Å². The molecule has 0 aromatic carbocycles. The van der Waals surface area contributed by atoms with Crippen LogP contribution < -0.4 is 5.32 Å². The zero-order valence-electron chi connectivity index (χ0n) is 9.55. The van der Waals surface area contributed by atoms with Gasteiger partial charge in [-0.1, -0.05) is 11.3 Å². The smallest absolute Gasteiger partial charge is 0.324 e. The lowest BCUT2D eigenvalue weighted by molar-refractivity contribution is -0.380. The van der Waals surface area contributed by atoms with Crippen molar-refractivity contribution in [1.82, 2.24) is 5.32 Å². The summed E-state index contributed by atoms with van der Waals surface area (Å²) in [6.07, 6.45) is 3.75. The highest BCUT2D eigenvalue weighted by Gasteiger charge is 2.14. The minimum atomic E-state index is -0.347. The van der Waals surface area contributed by atoms with Crippen molar-refractivity contribution in [2.75, 3.05) is 13.2 Å². The van der Waals surface area contributed by atoms with E-state index in [1.165, 1.54) is 17.8 Å². The normalized spacial score (nSPS) is 19.6. The molecule has 1 aliphatic rings. The lowest BCUT2D eigenvalue weighted by Gasteiger charge is -2.09. The molecule has 1 atom stereocenters. The molecule has 0 spiro atoms. The average Bonchev–Trinajstić information content (AvgIpc) is 2.96. The zero-order chi connectivity index (χ0) is 12.1. The third-order valence-corrected chi connectivity index (χ3v) is 3.75. The molecule has 1 N–H and O–H groups in total. The highest BCUT2D eigenvalue weighted by molar-refractivity contribution is 7.13. The van der Waals surface area contributed by atoms with E-state index >= 15 is 0 Å². The Balaban J connectivity index is 1.65. The molecule has 1 unspecified atom stereocenters. The van der Waals surface area contributed by atoms with Crippen molar-refractivity contribution in [3.8, 4) is 0 Å². The molecular weight excluding hydrogens is 240 g/mol. The van der Waals surface area contributed by atoms with Gasteiger partial charge in [0.05, 0.1) is 11.0 Å². The number of nitro groups is 1. The lowest BCUT2D eigenvalue weighted by atomic mass is 10.2. The van der Waals surface area contributed by atoms with Crippen molar-refractivity contribution in [2.45, 2.75) is 31.9 Å². The van der Waals surface area contributed by atoms with Crippen molar-refractivity contribution in [3.63, 3.8) is 0 Å². The van der Waals surface area contributed by atoms with Crippen LogP contribution in [-0.4, -0.2) is 24.2 Å². The number of thiophene rings is 1. The first-order valence-electron chi connectivity index (χ1n) is 5.80. The monoisotopic (exact) mass is 256 g/mol. The quantitative estimate of drug-likeness (QED) is 0.482. The van der Waals surface area contributed by atoms with Crippen LogP contribution in [0.5, 0.6) is 0 Å². The van der Waals surface area contributed by atoms with Crippen LogP contribution in [0, 0.1) is 10.1 Å². The van der Waals surface area contributed by atoms with E-state index in [1.54, 1.807) is 6.07 Å². The molecule has 0 saturated carbocycles. The molecule has 1 saturated heterocycles. The summed E-state index contributed by atoms with van der Waals surface area (Å²) in [5.41, 5.74) is 0.981. The minimum absolute atomic E-state index is 0.209. The standard InChI is InChI=1S/C11H16N2O3S/c14-13(15)11-6-9(8-17-11)7-12-4-3-10-2-1-5-16-10/h6,8,10,12H,1-5,7H2. The Labute approximate surface area is 104 Å². The summed E-state index contributed by atoms with van der Waals surface area (Å²) in [5.74, 6) is 0. The van der Waals surface area contributed by atoms with Gasteiger partial charge in [-0.05, 0) is 31.4 Å². The lowest BCUT2D eigenvalue weighted by Crippen LogP contribution is -2.19. The van der Waals surface area contributed by atoms with E-state index in [4.69, 9.17) is 4.74 Å². The van der Waals surface area contributed by atoms with Gasteiger partial charge in [0.2, 0.25) is 0 Å². The van der Waals surface area contributed by atoms with Gasteiger partial charge in [-0.2, -0.15) is 0 Å². The Morgan fingerprint density at radius 1 is 1.65 bits per heavy atom. The maximum Gasteiger partial charge on any atom is 0.324 e. The van der Waals surface area contributed by atoms with E-state index in [9.17, 15) is 10.1 Å². The molecule has 1 fully saturated rings. The SMILES string of the molecule is O=[N+]([O-])c1cc(CNCCC2CCCO2)cs1. The number of nitrogens with one attached hydrogen (secondary N) is 1. The predicted octanol–water partition coefficient (Wildman–Crippen LogP) is 2.32. The molecule has 0 aliphatic carbocycles. The maximum absolute atomic E-state index is 10.5. The first-order valence-corrected chi connectivity index (χ1v) is 6.68. The van der Waals surface area contributed by atoms with E-state index in [2.05, 4.69) is 5.32 Å². The Hall–Kier alpha value is -0.980. The molecule has 2 rings (SSSR count). The second-order valence-corrected chi connectivity index (χ2v) is 5.04. The van der Waals surface area contributed by atoms with Gasteiger partial charge < -0.3 is 10.1 Å². The van der Waals surface area contributed by atoms with Gasteiger partial charge in [-0.25, -0.2) is 0 Å². The van der Waals surface area contributed by atoms with Gasteiger partial charge in [0.25, 0.3) is 0 Å². The predicted molar refractivity (Wildman–Crippen MR) is 66.3 cm³/mol. The zero-order valence-corrected chi connectivity index (χ0v) is 10.4. The molecule has 1 aromatic rings. The van der Waals surface area contributed by atoms with Crippen LogP contribution in [0.1, 0.15) is 24.8 Å². The van der Waals surface area contributed by atoms with Crippen molar-refractivity contribution in [3.05, 3.63) is 27.1 Å². The number of ether oxygens (including phenoxy) is 1. The fourth-order valence-electron chi connectivity index (χ4n) is 1.92. The molecule has 1 aromatic heterocycles.